The van der Waals surface area contributed by atoms with E-state index in [0.29, 0.717) is 6.04 Å². The summed E-state index contributed by atoms with van der Waals surface area (Å²) in [6.07, 6.45) is 7.11. The third kappa shape index (κ3) is 2.72. The predicted molar refractivity (Wildman–Crippen MR) is 82.5 cm³/mol. The Hall–Kier alpha value is -1.69. The molecule has 1 unspecified atom stereocenters. The molecule has 2 aromatic heterocycles. The van der Waals surface area contributed by atoms with Crippen molar-refractivity contribution < 1.29 is 4.74 Å². The molecule has 1 saturated heterocycles. The van der Waals surface area contributed by atoms with Crippen LogP contribution in [0.3, 0.4) is 0 Å². The van der Waals surface area contributed by atoms with E-state index in [0.717, 1.165) is 49.7 Å². The zero-order chi connectivity index (χ0) is 14.7. The predicted octanol–water partition coefficient (Wildman–Crippen LogP) is 2.24. The van der Waals surface area contributed by atoms with Crippen LogP contribution in [0.1, 0.15) is 33.1 Å². The van der Waals surface area contributed by atoms with E-state index in [2.05, 4.69) is 31.3 Å². The molecule has 0 N–H and O–H groups in total. The van der Waals surface area contributed by atoms with Crippen LogP contribution < -0.4 is 4.90 Å². The van der Waals surface area contributed by atoms with Crippen LogP contribution in [-0.4, -0.2) is 45.3 Å². The SMILES string of the molecule is CCOCC1CCCCN1c1ncnc2c1ncn2CC. The zero-order valence-electron chi connectivity index (χ0n) is 12.8. The van der Waals surface area contributed by atoms with E-state index in [4.69, 9.17) is 4.74 Å². The Morgan fingerprint density at radius 2 is 2.14 bits per heavy atom. The third-order valence-electron chi connectivity index (χ3n) is 4.14. The highest BCUT2D eigenvalue weighted by atomic mass is 16.5. The lowest BCUT2D eigenvalue weighted by molar-refractivity contribution is 0.123. The number of ether oxygens (including phenoxy) is 1. The number of nitrogens with zero attached hydrogens (tertiary/aromatic N) is 5. The van der Waals surface area contributed by atoms with Gasteiger partial charge in [-0.05, 0) is 33.1 Å². The van der Waals surface area contributed by atoms with Crippen LogP contribution in [0.25, 0.3) is 11.2 Å². The fourth-order valence-electron chi connectivity index (χ4n) is 3.02. The summed E-state index contributed by atoms with van der Waals surface area (Å²) < 4.78 is 7.71. The highest BCUT2D eigenvalue weighted by molar-refractivity contribution is 5.83. The number of hydrogen-bond acceptors (Lipinski definition) is 5. The van der Waals surface area contributed by atoms with Gasteiger partial charge in [-0.25, -0.2) is 15.0 Å². The first-order valence-corrected chi connectivity index (χ1v) is 7.85. The summed E-state index contributed by atoms with van der Waals surface area (Å²) in [4.78, 5) is 15.8. The molecule has 0 radical (unpaired) electrons. The first kappa shape index (κ1) is 14.3. The standard InChI is InChI=1S/C15H23N5O/c1-3-19-11-18-13-14(19)16-10-17-15(13)20-8-6-5-7-12(20)9-21-4-2/h10-12H,3-9H2,1-2H3. The maximum Gasteiger partial charge on any atom is 0.165 e. The number of aromatic nitrogens is 4. The third-order valence-corrected chi connectivity index (χ3v) is 4.14. The Kier molecular flexibility index (Phi) is 4.34. The summed E-state index contributed by atoms with van der Waals surface area (Å²) in [5, 5.41) is 0. The molecule has 2 aromatic rings. The molecular formula is C15H23N5O. The van der Waals surface area contributed by atoms with Gasteiger partial charge in [-0.3, -0.25) is 0 Å². The second kappa shape index (κ2) is 6.39. The zero-order valence-corrected chi connectivity index (χ0v) is 12.8. The molecule has 0 aliphatic carbocycles. The van der Waals surface area contributed by atoms with E-state index in [-0.39, 0.29) is 0 Å². The first-order valence-electron chi connectivity index (χ1n) is 7.85. The molecule has 0 aromatic carbocycles. The van der Waals surface area contributed by atoms with Crippen LogP contribution in [0.2, 0.25) is 0 Å². The Bertz CT molecular complexity index is 597. The lowest BCUT2D eigenvalue weighted by Gasteiger charge is -2.36. The Labute approximate surface area is 125 Å². The fraction of sp³-hybridized carbons (Fsp3) is 0.667. The fourth-order valence-corrected chi connectivity index (χ4v) is 3.02. The number of rotatable bonds is 5. The molecule has 0 bridgehead atoms. The van der Waals surface area contributed by atoms with Gasteiger partial charge in [-0.1, -0.05) is 0 Å². The molecule has 3 rings (SSSR count). The highest BCUT2D eigenvalue weighted by Gasteiger charge is 2.26. The molecule has 6 nitrogen and oxygen atoms in total. The van der Waals surface area contributed by atoms with E-state index in [1.807, 2.05) is 13.3 Å². The highest BCUT2D eigenvalue weighted by Crippen LogP contribution is 2.28. The first-order chi connectivity index (χ1) is 10.3. The summed E-state index contributed by atoms with van der Waals surface area (Å²) in [7, 11) is 0. The summed E-state index contributed by atoms with van der Waals surface area (Å²) in [5.41, 5.74) is 1.82. The van der Waals surface area contributed by atoms with Crippen molar-refractivity contribution >= 4 is 17.0 Å². The molecule has 21 heavy (non-hydrogen) atoms. The minimum atomic E-state index is 0.392. The maximum atomic E-state index is 5.65. The molecule has 1 atom stereocenters. The molecule has 0 spiro atoms. The van der Waals surface area contributed by atoms with Gasteiger partial charge in [0.25, 0.3) is 0 Å². The molecule has 6 heteroatoms. The van der Waals surface area contributed by atoms with Gasteiger partial charge >= 0.3 is 0 Å². The molecule has 1 aliphatic heterocycles. The van der Waals surface area contributed by atoms with Crippen LogP contribution >= 0.6 is 0 Å². The minimum absolute atomic E-state index is 0.392. The van der Waals surface area contributed by atoms with Crippen LogP contribution in [0.15, 0.2) is 12.7 Å². The van der Waals surface area contributed by atoms with Crippen molar-refractivity contribution in [2.75, 3.05) is 24.7 Å². The summed E-state index contributed by atoms with van der Waals surface area (Å²) in [6, 6.07) is 0.392. The van der Waals surface area contributed by atoms with Gasteiger partial charge in [0.15, 0.2) is 17.0 Å². The van der Waals surface area contributed by atoms with Crippen LogP contribution in [0.4, 0.5) is 5.82 Å². The monoisotopic (exact) mass is 289 g/mol. The molecule has 3 heterocycles. The van der Waals surface area contributed by atoms with Gasteiger partial charge in [-0.15, -0.1) is 0 Å². The van der Waals surface area contributed by atoms with Crippen molar-refractivity contribution in [3.8, 4) is 0 Å². The number of fused-ring (bicyclic) bond motifs is 1. The van der Waals surface area contributed by atoms with Crippen LogP contribution in [-0.2, 0) is 11.3 Å². The number of anilines is 1. The van der Waals surface area contributed by atoms with Gasteiger partial charge < -0.3 is 14.2 Å². The van der Waals surface area contributed by atoms with Crippen molar-refractivity contribution in [1.29, 1.82) is 0 Å². The maximum absolute atomic E-state index is 5.65. The van der Waals surface area contributed by atoms with E-state index in [9.17, 15) is 0 Å². The molecule has 0 amide bonds. The van der Waals surface area contributed by atoms with Crippen molar-refractivity contribution in [2.45, 2.75) is 45.7 Å². The van der Waals surface area contributed by atoms with Crippen LogP contribution in [0.5, 0.6) is 0 Å². The molecule has 114 valence electrons. The second-order valence-corrected chi connectivity index (χ2v) is 5.40. The van der Waals surface area contributed by atoms with E-state index in [1.54, 1.807) is 6.33 Å². The number of piperidine rings is 1. The second-order valence-electron chi connectivity index (χ2n) is 5.40. The normalized spacial score (nSPS) is 19.3. The lowest BCUT2D eigenvalue weighted by atomic mass is 10.0. The Morgan fingerprint density at radius 1 is 1.24 bits per heavy atom. The van der Waals surface area contributed by atoms with E-state index in [1.165, 1.54) is 12.8 Å². The largest absolute Gasteiger partial charge is 0.380 e. The summed E-state index contributed by atoms with van der Waals surface area (Å²) in [6.45, 7) is 7.54. The summed E-state index contributed by atoms with van der Waals surface area (Å²) in [5.74, 6) is 0.955. The Balaban J connectivity index is 1.95. The molecule has 1 fully saturated rings. The molecule has 1 aliphatic rings. The number of aryl methyl sites for hydroxylation is 1. The van der Waals surface area contributed by atoms with Crippen molar-refractivity contribution in [3.05, 3.63) is 12.7 Å². The van der Waals surface area contributed by atoms with Gasteiger partial charge in [0, 0.05) is 19.7 Å². The number of hydrogen-bond donors (Lipinski definition) is 0. The molecular weight excluding hydrogens is 266 g/mol. The van der Waals surface area contributed by atoms with Crippen LogP contribution in [0, 0.1) is 0 Å². The van der Waals surface area contributed by atoms with Gasteiger partial charge in [0.1, 0.15) is 6.33 Å². The smallest absolute Gasteiger partial charge is 0.165 e. The van der Waals surface area contributed by atoms with Gasteiger partial charge in [0.05, 0.1) is 19.0 Å². The average molecular weight is 289 g/mol. The van der Waals surface area contributed by atoms with E-state index < -0.39 is 0 Å². The molecule has 0 saturated carbocycles. The van der Waals surface area contributed by atoms with Crippen molar-refractivity contribution in [2.24, 2.45) is 0 Å². The lowest BCUT2D eigenvalue weighted by Crippen LogP contribution is -2.43. The van der Waals surface area contributed by atoms with Crippen molar-refractivity contribution in [3.63, 3.8) is 0 Å². The van der Waals surface area contributed by atoms with E-state index >= 15 is 0 Å². The topological polar surface area (TPSA) is 56.1 Å². The quantitative estimate of drug-likeness (QED) is 0.845. The summed E-state index contributed by atoms with van der Waals surface area (Å²) >= 11 is 0. The van der Waals surface area contributed by atoms with Crippen molar-refractivity contribution in [1.82, 2.24) is 19.5 Å². The minimum Gasteiger partial charge on any atom is -0.380 e. The van der Waals surface area contributed by atoms with Gasteiger partial charge in [0.2, 0.25) is 0 Å². The Morgan fingerprint density at radius 3 is 2.95 bits per heavy atom. The number of imidazole rings is 1. The van der Waals surface area contributed by atoms with Gasteiger partial charge in [-0.2, -0.15) is 0 Å². The average Bonchev–Trinajstić information content (AvgIpc) is 2.96.